The van der Waals surface area contributed by atoms with E-state index in [1.807, 2.05) is 49.5 Å². The minimum absolute atomic E-state index is 0.279. The van der Waals surface area contributed by atoms with Gasteiger partial charge in [0.2, 0.25) is 0 Å². The summed E-state index contributed by atoms with van der Waals surface area (Å²) < 4.78 is 27.6. The highest BCUT2D eigenvalue weighted by molar-refractivity contribution is 7.89. The number of hydrogen-bond donors (Lipinski definition) is 1. The highest BCUT2D eigenvalue weighted by Gasteiger charge is 2.22. The number of benzene rings is 2. The number of unbranched alkanes of at least 4 members (excludes halogenated alkanes) is 2. The topological polar surface area (TPSA) is 53.2 Å². The Labute approximate surface area is 167 Å². The highest BCUT2D eigenvalue weighted by Crippen LogP contribution is 2.20. The molecular formula is C23H26N2O2S. The Morgan fingerprint density at radius 1 is 1.07 bits per heavy atom. The number of aromatic nitrogens is 1. The van der Waals surface area contributed by atoms with E-state index < -0.39 is 10.0 Å². The standard InChI is InChI=1S/C23H26N2O2S/c1-3-4-5-8-16-25(28(26,27)21-13-11-19(2)12-14-21)17-15-20-18-24-23-10-7-6-9-22(20)23/h6-7,9-14,18,24H,3-5,15,17H2,1-2H3. The number of fused-ring (bicyclic) bond motifs is 1. The lowest BCUT2D eigenvalue weighted by molar-refractivity contribution is 0.512. The third-order valence-electron chi connectivity index (χ3n) is 4.73. The van der Waals surface area contributed by atoms with E-state index in [4.69, 9.17) is 0 Å². The second-order valence-corrected chi connectivity index (χ2v) is 8.75. The Hall–Kier alpha value is -2.71. The van der Waals surface area contributed by atoms with Crippen LogP contribution >= 0.6 is 0 Å². The van der Waals surface area contributed by atoms with Crippen LogP contribution in [0.2, 0.25) is 0 Å². The number of sulfonamides is 1. The maximum atomic E-state index is 13.1. The van der Waals surface area contributed by atoms with Gasteiger partial charge in [0.05, 0.1) is 4.90 Å². The van der Waals surface area contributed by atoms with Gasteiger partial charge in [-0.25, -0.2) is 12.7 Å². The summed E-state index contributed by atoms with van der Waals surface area (Å²) in [7, 11) is -3.66. The fourth-order valence-electron chi connectivity index (χ4n) is 3.04. The van der Waals surface area contributed by atoms with Gasteiger partial charge in [0, 0.05) is 36.1 Å². The maximum absolute atomic E-state index is 13.1. The molecule has 3 rings (SSSR count). The third kappa shape index (κ3) is 4.58. The SMILES string of the molecule is CCCCC#CN(CCc1c[nH]c2ccccc12)S(=O)(=O)c1ccc(C)cc1. The summed E-state index contributed by atoms with van der Waals surface area (Å²) in [5.74, 6) is 3.03. The molecule has 28 heavy (non-hydrogen) atoms. The lowest BCUT2D eigenvalue weighted by Gasteiger charge is -2.18. The van der Waals surface area contributed by atoms with Crippen LogP contribution in [0, 0.1) is 18.9 Å². The molecule has 0 saturated heterocycles. The summed E-state index contributed by atoms with van der Waals surface area (Å²) in [6.45, 7) is 4.35. The highest BCUT2D eigenvalue weighted by atomic mass is 32.2. The first-order valence-corrected chi connectivity index (χ1v) is 11.1. The van der Waals surface area contributed by atoms with Gasteiger partial charge >= 0.3 is 0 Å². The number of para-hydroxylation sites is 1. The van der Waals surface area contributed by atoms with Gasteiger partial charge in [-0.2, -0.15) is 0 Å². The van der Waals surface area contributed by atoms with E-state index in [0.29, 0.717) is 19.4 Å². The molecule has 0 saturated carbocycles. The molecule has 0 aliphatic rings. The van der Waals surface area contributed by atoms with Crippen molar-refractivity contribution in [3.05, 3.63) is 65.9 Å². The minimum Gasteiger partial charge on any atom is -0.361 e. The lowest BCUT2D eigenvalue weighted by atomic mass is 10.1. The zero-order valence-electron chi connectivity index (χ0n) is 16.4. The molecule has 0 atom stereocenters. The van der Waals surface area contributed by atoms with E-state index in [-0.39, 0.29) is 4.90 Å². The van der Waals surface area contributed by atoms with E-state index in [9.17, 15) is 8.42 Å². The minimum atomic E-state index is -3.66. The number of H-pyrrole nitrogens is 1. The molecule has 1 N–H and O–H groups in total. The van der Waals surface area contributed by atoms with Crippen LogP contribution in [0.15, 0.2) is 59.6 Å². The number of hydrogen-bond acceptors (Lipinski definition) is 2. The van der Waals surface area contributed by atoms with Crippen molar-refractivity contribution in [3.8, 4) is 12.0 Å². The summed E-state index contributed by atoms with van der Waals surface area (Å²) >= 11 is 0. The zero-order chi connectivity index (χ0) is 20.0. The molecule has 1 heterocycles. The van der Waals surface area contributed by atoms with Gasteiger partial charge in [0.15, 0.2) is 0 Å². The average molecular weight is 395 g/mol. The molecule has 4 nitrogen and oxygen atoms in total. The molecular weight excluding hydrogens is 368 g/mol. The number of aryl methyl sites for hydroxylation is 1. The number of aromatic amines is 1. The summed E-state index contributed by atoms with van der Waals surface area (Å²) in [5, 5.41) is 1.12. The largest absolute Gasteiger partial charge is 0.361 e. The third-order valence-corrected chi connectivity index (χ3v) is 6.45. The van der Waals surface area contributed by atoms with Crippen LogP contribution in [0.5, 0.6) is 0 Å². The smallest absolute Gasteiger partial charge is 0.270 e. The van der Waals surface area contributed by atoms with Gasteiger partial charge in [-0.05, 0) is 43.5 Å². The van der Waals surface area contributed by atoms with Crippen molar-refractivity contribution >= 4 is 20.9 Å². The van der Waals surface area contributed by atoms with Crippen LogP contribution < -0.4 is 0 Å². The summed E-state index contributed by atoms with van der Waals surface area (Å²) in [6, 6.07) is 17.9. The van der Waals surface area contributed by atoms with E-state index in [0.717, 1.165) is 34.9 Å². The predicted molar refractivity (Wildman–Crippen MR) is 114 cm³/mol. The van der Waals surface area contributed by atoms with Crippen molar-refractivity contribution in [1.29, 1.82) is 0 Å². The van der Waals surface area contributed by atoms with Crippen LogP contribution in [-0.4, -0.2) is 24.3 Å². The average Bonchev–Trinajstić information content (AvgIpc) is 3.11. The molecule has 146 valence electrons. The van der Waals surface area contributed by atoms with Crippen LogP contribution in [0.4, 0.5) is 0 Å². The van der Waals surface area contributed by atoms with Crippen molar-refractivity contribution in [3.63, 3.8) is 0 Å². The number of nitrogens with zero attached hydrogens (tertiary/aromatic N) is 1. The molecule has 0 amide bonds. The van der Waals surface area contributed by atoms with Crippen LogP contribution in [0.3, 0.4) is 0 Å². The molecule has 0 radical (unpaired) electrons. The second kappa shape index (κ2) is 8.99. The Kier molecular flexibility index (Phi) is 6.43. The number of nitrogens with one attached hydrogen (secondary N) is 1. The molecule has 2 aromatic carbocycles. The Balaban J connectivity index is 1.85. The van der Waals surface area contributed by atoms with Crippen molar-refractivity contribution in [2.45, 2.75) is 44.4 Å². The normalized spacial score (nSPS) is 11.2. The van der Waals surface area contributed by atoms with Crippen molar-refractivity contribution < 1.29 is 8.42 Å². The van der Waals surface area contributed by atoms with Gasteiger partial charge in [-0.15, -0.1) is 0 Å². The van der Waals surface area contributed by atoms with Crippen LogP contribution in [-0.2, 0) is 16.4 Å². The molecule has 0 bridgehead atoms. The predicted octanol–water partition coefficient (Wildman–Crippen LogP) is 4.86. The summed E-state index contributed by atoms with van der Waals surface area (Å²) in [4.78, 5) is 3.52. The quantitative estimate of drug-likeness (QED) is 0.353. The fraction of sp³-hybridized carbons (Fsp3) is 0.304. The van der Waals surface area contributed by atoms with Crippen LogP contribution in [0.25, 0.3) is 10.9 Å². The van der Waals surface area contributed by atoms with Crippen molar-refractivity contribution in [1.82, 2.24) is 9.29 Å². The van der Waals surface area contributed by atoms with Crippen molar-refractivity contribution in [2.24, 2.45) is 0 Å². The first kappa shape index (κ1) is 20.0. The fourth-order valence-corrected chi connectivity index (χ4v) is 4.29. The van der Waals surface area contributed by atoms with E-state index in [2.05, 4.69) is 23.9 Å². The van der Waals surface area contributed by atoms with Crippen molar-refractivity contribution in [2.75, 3.05) is 6.54 Å². The summed E-state index contributed by atoms with van der Waals surface area (Å²) in [6.07, 6.45) is 5.25. The van der Waals surface area contributed by atoms with Gasteiger partial charge < -0.3 is 4.98 Å². The molecule has 1 aromatic heterocycles. The molecule has 0 aliphatic carbocycles. The molecule has 0 aliphatic heterocycles. The zero-order valence-corrected chi connectivity index (χ0v) is 17.2. The van der Waals surface area contributed by atoms with Gasteiger partial charge in [-0.3, -0.25) is 0 Å². The van der Waals surface area contributed by atoms with E-state index in [1.54, 1.807) is 12.1 Å². The molecule has 5 heteroatoms. The van der Waals surface area contributed by atoms with Gasteiger partial charge in [-0.1, -0.05) is 55.2 Å². The second-order valence-electron chi connectivity index (χ2n) is 6.89. The van der Waals surface area contributed by atoms with E-state index >= 15 is 0 Å². The lowest BCUT2D eigenvalue weighted by Crippen LogP contribution is -2.28. The molecule has 0 spiro atoms. The maximum Gasteiger partial charge on any atom is 0.270 e. The Morgan fingerprint density at radius 3 is 2.57 bits per heavy atom. The Morgan fingerprint density at radius 2 is 1.82 bits per heavy atom. The first-order valence-electron chi connectivity index (χ1n) is 9.65. The summed E-state index contributed by atoms with van der Waals surface area (Å²) in [5.41, 5.74) is 3.17. The molecule has 0 unspecified atom stereocenters. The van der Waals surface area contributed by atoms with E-state index in [1.165, 1.54) is 4.31 Å². The van der Waals surface area contributed by atoms with Crippen LogP contribution in [0.1, 0.15) is 37.3 Å². The Bertz CT molecular complexity index is 1090. The van der Waals surface area contributed by atoms with Gasteiger partial charge in [0.25, 0.3) is 10.0 Å². The monoisotopic (exact) mass is 394 g/mol. The molecule has 0 fully saturated rings. The van der Waals surface area contributed by atoms with Gasteiger partial charge in [0.1, 0.15) is 0 Å². The first-order chi connectivity index (χ1) is 13.5. The number of rotatable bonds is 7. The molecule has 3 aromatic rings.